The van der Waals surface area contributed by atoms with Crippen LogP contribution in [0.1, 0.15) is 6.92 Å². The molecule has 0 spiro atoms. The van der Waals surface area contributed by atoms with Gasteiger partial charge in [0.2, 0.25) is 0 Å². The summed E-state index contributed by atoms with van der Waals surface area (Å²) < 4.78 is 4.52. The summed E-state index contributed by atoms with van der Waals surface area (Å²) in [6, 6.07) is 0. The normalized spacial score (nSPS) is 9.00. The van der Waals surface area contributed by atoms with E-state index in [1.54, 1.807) is 6.92 Å². The minimum Gasteiger partial charge on any atom is -1.00 e. The molecule has 3 nitrogen and oxygen atoms in total. The lowest BCUT2D eigenvalue weighted by molar-refractivity contribution is -0.152. The minimum absolute atomic E-state index is 0. The number of Topliss-reactive ketones (excluding diaryl/α,β-unsaturated/α-hetero) is 1. The maximum Gasteiger partial charge on any atom is 0.379 e. The SMILES string of the molecule is CCOC(=O)C(=O)C[S+](C)C.[Br-]. The van der Waals surface area contributed by atoms with E-state index in [4.69, 9.17) is 0 Å². The quantitative estimate of drug-likeness (QED) is 0.306. The third kappa shape index (κ3) is 6.67. The second-order valence-corrected chi connectivity index (χ2v) is 4.53. The Labute approximate surface area is 86.0 Å². The van der Waals surface area contributed by atoms with Gasteiger partial charge in [-0.25, -0.2) is 4.79 Å². The summed E-state index contributed by atoms with van der Waals surface area (Å²) in [7, 11) is -0.0202. The number of carbonyl (C=O) groups is 2. The maximum absolute atomic E-state index is 10.9. The van der Waals surface area contributed by atoms with Crippen LogP contribution >= 0.6 is 0 Å². The van der Waals surface area contributed by atoms with E-state index in [2.05, 4.69) is 4.74 Å². The van der Waals surface area contributed by atoms with E-state index in [-0.39, 0.29) is 34.5 Å². The highest BCUT2D eigenvalue weighted by Crippen LogP contribution is 1.88. The van der Waals surface area contributed by atoms with Crippen LogP contribution in [0, 0.1) is 0 Å². The van der Waals surface area contributed by atoms with E-state index < -0.39 is 11.8 Å². The lowest BCUT2D eigenvalue weighted by Crippen LogP contribution is -3.00. The van der Waals surface area contributed by atoms with Crippen LogP contribution in [-0.2, 0) is 25.2 Å². The van der Waals surface area contributed by atoms with E-state index in [1.807, 2.05) is 12.5 Å². The van der Waals surface area contributed by atoms with Crippen molar-refractivity contribution in [3.05, 3.63) is 0 Å². The fraction of sp³-hybridized carbons (Fsp3) is 0.714. The van der Waals surface area contributed by atoms with Gasteiger partial charge < -0.3 is 21.7 Å². The van der Waals surface area contributed by atoms with Gasteiger partial charge >= 0.3 is 5.97 Å². The topological polar surface area (TPSA) is 43.4 Å². The smallest absolute Gasteiger partial charge is 0.379 e. The Kier molecular flexibility index (Phi) is 9.19. The van der Waals surface area contributed by atoms with Gasteiger partial charge in [-0.05, 0) is 17.8 Å². The lowest BCUT2D eigenvalue weighted by atomic mass is 10.5. The molecule has 0 aliphatic rings. The van der Waals surface area contributed by atoms with Crippen molar-refractivity contribution >= 4 is 22.6 Å². The van der Waals surface area contributed by atoms with Crippen molar-refractivity contribution in [1.29, 1.82) is 0 Å². The molecule has 0 N–H and O–H groups in total. The van der Waals surface area contributed by atoms with E-state index in [9.17, 15) is 9.59 Å². The first kappa shape index (κ1) is 14.5. The van der Waals surface area contributed by atoms with Gasteiger partial charge in [0.25, 0.3) is 5.78 Å². The number of esters is 1. The fourth-order valence-corrected chi connectivity index (χ4v) is 1.17. The summed E-state index contributed by atoms with van der Waals surface area (Å²) >= 11 is 0. The molecule has 72 valence electrons. The fourth-order valence-electron chi connectivity index (χ4n) is 0.533. The van der Waals surface area contributed by atoms with Crippen LogP contribution in [0.25, 0.3) is 0 Å². The molecule has 12 heavy (non-hydrogen) atoms. The highest BCUT2D eigenvalue weighted by atomic mass is 79.9. The van der Waals surface area contributed by atoms with Crippen molar-refractivity contribution in [2.24, 2.45) is 0 Å². The van der Waals surface area contributed by atoms with Crippen LogP contribution in [0.4, 0.5) is 0 Å². The van der Waals surface area contributed by atoms with Crippen molar-refractivity contribution in [3.63, 3.8) is 0 Å². The number of ether oxygens (including phenoxy) is 1. The van der Waals surface area contributed by atoms with Crippen LogP contribution < -0.4 is 17.0 Å². The second-order valence-electron chi connectivity index (χ2n) is 2.27. The van der Waals surface area contributed by atoms with Gasteiger partial charge in [-0.3, -0.25) is 4.79 Å². The molecule has 0 fully saturated rings. The lowest BCUT2D eigenvalue weighted by Gasteiger charge is -1.97. The van der Waals surface area contributed by atoms with Gasteiger partial charge in [0.05, 0.1) is 19.1 Å². The van der Waals surface area contributed by atoms with E-state index in [0.29, 0.717) is 5.75 Å². The Hall–Kier alpha value is -0.0300. The molecule has 0 aliphatic carbocycles. The third-order valence-electron chi connectivity index (χ3n) is 0.923. The monoisotopic (exact) mass is 256 g/mol. The van der Waals surface area contributed by atoms with Crippen molar-refractivity contribution < 1.29 is 31.3 Å². The molecule has 5 heteroatoms. The zero-order chi connectivity index (χ0) is 8.85. The predicted molar refractivity (Wildman–Crippen MR) is 45.7 cm³/mol. The molecule has 0 aromatic heterocycles. The third-order valence-corrected chi connectivity index (χ3v) is 1.76. The summed E-state index contributed by atoms with van der Waals surface area (Å²) in [5.41, 5.74) is 0. The Morgan fingerprint density at radius 2 is 1.83 bits per heavy atom. The van der Waals surface area contributed by atoms with Gasteiger partial charge in [-0.15, -0.1) is 0 Å². The van der Waals surface area contributed by atoms with Gasteiger partial charge in [-0.1, -0.05) is 0 Å². The van der Waals surface area contributed by atoms with Crippen LogP contribution in [0.15, 0.2) is 0 Å². The van der Waals surface area contributed by atoms with Crippen molar-refractivity contribution in [2.75, 3.05) is 24.9 Å². The van der Waals surface area contributed by atoms with E-state index in [0.717, 1.165) is 0 Å². The summed E-state index contributed by atoms with van der Waals surface area (Å²) in [5, 5.41) is 0. The molecule has 0 unspecified atom stereocenters. The molecule has 0 atom stereocenters. The van der Waals surface area contributed by atoms with Crippen molar-refractivity contribution in [1.82, 2.24) is 0 Å². The highest BCUT2D eigenvalue weighted by Gasteiger charge is 2.20. The summed E-state index contributed by atoms with van der Waals surface area (Å²) in [5.74, 6) is -0.812. The Bertz CT molecular complexity index is 159. The zero-order valence-electron chi connectivity index (χ0n) is 7.43. The minimum atomic E-state index is -0.700. The molecule has 0 saturated carbocycles. The van der Waals surface area contributed by atoms with Gasteiger partial charge in [0, 0.05) is 0 Å². The molecule has 0 aromatic carbocycles. The highest BCUT2D eigenvalue weighted by molar-refractivity contribution is 7.96. The molecule has 0 radical (unpaired) electrons. The Balaban J connectivity index is 0. The molecule has 0 saturated heterocycles. The van der Waals surface area contributed by atoms with Crippen LogP contribution in [0.2, 0.25) is 0 Å². The molecule has 0 aliphatic heterocycles. The molecule has 0 aromatic rings. The molecular weight excluding hydrogens is 244 g/mol. The van der Waals surface area contributed by atoms with Gasteiger partial charge in [0.15, 0.2) is 5.75 Å². The number of carbonyl (C=O) groups excluding carboxylic acids is 2. The molecule has 0 rings (SSSR count). The number of halogens is 1. The number of ketones is 1. The van der Waals surface area contributed by atoms with Crippen LogP contribution in [0.5, 0.6) is 0 Å². The largest absolute Gasteiger partial charge is 1.00 e. The van der Waals surface area contributed by atoms with Crippen LogP contribution in [-0.4, -0.2) is 36.6 Å². The Morgan fingerprint density at radius 3 is 2.17 bits per heavy atom. The first-order chi connectivity index (χ1) is 5.07. The molecular formula is C7H13BrO3S. The van der Waals surface area contributed by atoms with Crippen molar-refractivity contribution in [2.45, 2.75) is 6.92 Å². The van der Waals surface area contributed by atoms with E-state index in [1.165, 1.54) is 0 Å². The predicted octanol–water partition coefficient (Wildman–Crippen LogP) is -3.00. The molecule has 0 amide bonds. The average molecular weight is 257 g/mol. The standard InChI is InChI=1S/C7H13O3S.BrH/c1-4-10-7(9)6(8)5-11(2)3;/h4-5H2,1-3H3;1H/q+1;/p-1. The van der Waals surface area contributed by atoms with Crippen LogP contribution in [0.3, 0.4) is 0 Å². The molecule has 0 heterocycles. The first-order valence-corrected chi connectivity index (χ1v) is 5.53. The van der Waals surface area contributed by atoms with Gasteiger partial charge in [0.1, 0.15) is 0 Å². The average Bonchev–Trinajstić information content (AvgIpc) is 1.86. The number of hydrogen-bond acceptors (Lipinski definition) is 3. The second kappa shape index (κ2) is 7.61. The number of rotatable bonds is 4. The summed E-state index contributed by atoms with van der Waals surface area (Å²) in [6.45, 7) is 1.95. The molecule has 0 bridgehead atoms. The maximum atomic E-state index is 10.9. The zero-order valence-corrected chi connectivity index (χ0v) is 9.83. The van der Waals surface area contributed by atoms with Gasteiger partial charge in [-0.2, -0.15) is 0 Å². The first-order valence-electron chi connectivity index (χ1n) is 3.32. The van der Waals surface area contributed by atoms with Crippen molar-refractivity contribution in [3.8, 4) is 0 Å². The number of hydrogen-bond donors (Lipinski definition) is 0. The summed E-state index contributed by atoms with van der Waals surface area (Å²) in [4.78, 5) is 21.6. The Morgan fingerprint density at radius 1 is 1.33 bits per heavy atom. The summed E-state index contributed by atoms with van der Waals surface area (Å²) in [6.07, 6.45) is 3.83. The van der Waals surface area contributed by atoms with E-state index >= 15 is 0 Å².